The van der Waals surface area contributed by atoms with Gasteiger partial charge in [-0.05, 0) is 17.7 Å². The molecule has 2 saturated heterocycles. The quantitative estimate of drug-likeness (QED) is 0.658. The summed E-state index contributed by atoms with van der Waals surface area (Å²) in [5.41, 5.74) is 7.13. The van der Waals surface area contributed by atoms with Gasteiger partial charge in [-0.1, -0.05) is 12.1 Å². The van der Waals surface area contributed by atoms with E-state index in [0.29, 0.717) is 25.7 Å². The van der Waals surface area contributed by atoms with E-state index in [1.54, 1.807) is 12.1 Å². The molecule has 1 aromatic rings. The van der Waals surface area contributed by atoms with E-state index in [9.17, 15) is 4.39 Å². The summed E-state index contributed by atoms with van der Waals surface area (Å²) in [6.07, 6.45) is 0. The molecule has 2 aliphatic heterocycles. The number of halogens is 1. The minimum Gasteiger partial charge on any atom is -0.379 e. The molecule has 3 rings (SSSR count). The molecule has 1 aromatic carbocycles. The average molecular weight is 352 g/mol. The first-order valence-corrected chi connectivity index (χ1v) is 9.59. The maximum Gasteiger partial charge on any atom is 0.191 e. The minimum atomic E-state index is -0.212. The molecule has 2 heterocycles. The van der Waals surface area contributed by atoms with Crippen LogP contribution in [-0.2, 0) is 4.74 Å². The van der Waals surface area contributed by atoms with Crippen molar-refractivity contribution in [3.8, 4) is 0 Å². The van der Waals surface area contributed by atoms with Crippen LogP contribution in [0, 0.1) is 5.82 Å². The Bertz CT molecular complexity index is 559. The number of rotatable bonds is 4. The van der Waals surface area contributed by atoms with Gasteiger partial charge in [-0.2, -0.15) is 11.8 Å². The number of thioether (sulfide) groups is 1. The fourth-order valence-electron chi connectivity index (χ4n) is 3.11. The zero-order valence-corrected chi connectivity index (χ0v) is 14.7. The van der Waals surface area contributed by atoms with Crippen LogP contribution in [0.2, 0.25) is 0 Å². The van der Waals surface area contributed by atoms with Crippen LogP contribution in [-0.4, -0.2) is 73.2 Å². The van der Waals surface area contributed by atoms with Crippen LogP contribution < -0.4 is 5.73 Å². The Balaban J connectivity index is 1.73. The Kier molecular flexibility index (Phi) is 6.34. The van der Waals surface area contributed by atoms with Crippen LogP contribution in [0.4, 0.5) is 4.39 Å². The SMILES string of the molecule is NC(=NCC(c1cccc(F)c1)N1CCOCC1)N1CCSCC1. The molecule has 7 heteroatoms. The summed E-state index contributed by atoms with van der Waals surface area (Å²) in [6, 6.07) is 6.83. The van der Waals surface area contributed by atoms with Crippen LogP contribution in [0.3, 0.4) is 0 Å². The summed E-state index contributed by atoms with van der Waals surface area (Å²) < 4.78 is 19.1. The normalized spacial score (nSPS) is 21.7. The van der Waals surface area contributed by atoms with Crippen LogP contribution in [0.15, 0.2) is 29.3 Å². The van der Waals surface area contributed by atoms with Gasteiger partial charge in [0.1, 0.15) is 5.82 Å². The van der Waals surface area contributed by atoms with Crippen LogP contribution in [0.25, 0.3) is 0 Å². The molecule has 0 radical (unpaired) electrons. The van der Waals surface area contributed by atoms with Gasteiger partial charge in [-0.25, -0.2) is 4.39 Å². The number of aliphatic imine (C=N–C) groups is 1. The number of nitrogens with two attached hydrogens (primary N) is 1. The molecule has 0 aliphatic carbocycles. The smallest absolute Gasteiger partial charge is 0.191 e. The first-order valence-electron chi connectivity index (χ1n) is 8.44. The Hall–Kier alpha value is -1.31. The van der Waals surface area contributed by atoms with Crippen molar-refractivity contribution in [2.24, 2.45) is 10.7 Å². The maximum atomic E-state index is 13.7. The highest BCUT2D eigenvalue weighted by Crippen LogP contribution is 2.23. The van der Waals surface area contributed by atoms with Gasteiger partial charge in [-0.15, -0.1) is 0 Å². The molecule has 132 valence electrons. The zero-order valence-electron chi connectivity index (χ0n) is 13.9. The molecule has 0 bridgehead atoms. The van der Waals surface area contributed by atoms with Crippen molar-refractivity contribution in [1.29, 1.82) is 0 Å². The molecule has 24 heavy (non-hydrogen) atoms. The highest BCUT2D eigenvalue weighted by Gasteiger charge is 2.23. The number of ether oxygens (including phenoxy) is 1. The minimum absolute atomic E-state index is 0.0299. The molecule has 0 saturated carbocycles. The van der Waals surface area contributed by atoms with E-state index in [0.717, 1.165) is 43.2 Å². The van der Waals surface area contributed by atoms with Gasteiger partial charge in [-0.3, -0.25) is 9.89 Å². The molecule has 2 aliphatic rings. The van der Waals surface area contributed by atoms with Crippen molar-refractivity contribution < 1.29 is 9.13 Å². The zero-order chi connectivity index (χ0) is 16.8. The highest BCUT2D eigenvalue weighted by atomic mass is 32.2. The molecule has 0 amide bonds. The Morgan fingerprint density at radius 3 is 2.71 bits per heavy atom. The summed E-state index contributed by atoms with van der Waals surface area (Å²) in [6.45, 7) is 5.50. The lowest BCUT2D eigenvalue weighted by Crippen LogP contribution is -2.44. The Morgan fingerprint density at radius 1 is 1.25 bits per heavy atom. The van der Waals surface area contributed by atoms with Crippen LogP contribution in [0.5, 0.6) is 0 Å². The standard InChI is InChI=1S/C17H25FN4OS/c18-15-3-1-2-14(12-15)16(21-4-8-23-9-5-21)13-20-17(19)22-6-10-24-11-7-22/h1-3,12,16H,4-11,13H2,(H2,19,20). The summed E-state index contributed by atoms with van der Waals surface area (Å²) in [4.78, 5) is 9.08. The van der Waals surface area contributed by atoms with Gasteiger partial charge in [0.25, 0.3) is 0 Å². The van der Waals surface area contributed by atoms with E-state index in [1.807, 2.05) is 17.8 Å². The number of morpholine rings is 1. The van der Waals surface area contributed by atoms with Gasteiger partial charge < -0.3 is 15.4 Å². The average Bonchev–Trinajstić information content (AvgIpc) is 2.63. The topological polar surface area (TPSA) is 54.1 Å². The summed E-state index contributed by atoms with van der Waals surface area (Å²) >= 11 is 1.95. The predicted octanol–water partition coefficient (Wildman–Crippen LogP) is 1.56. The molecular weight excluding hydrogens is 327 g/mol. The summed E-state index contributed by atoms with van der Waals surface area (Å²) in [5.74, 6) is 2.57. The molecular formula is C17H25FN4OS. The third kappa shape index (κ3) is 4.62. The first-order chi connectivity index (χ1) is 11.7. The van der Waals surface area contributed by atoms with Gasteiger partial charge >= 0.3 is 0 Å². The largest absolute Gasteiger partial charge is 0.379 e. The van der Waals surface area contributed by atoms with Gasteiger partial charge in [0.2, 0.25) is 0 Å². The van der Waals surface area contributed by atoms with E-state index >= 15 is 0 Å². The molecule has 0 spiro atoms. The third-order valence-electron chi connectivity index (χ3n) is 4.48. The van der Waals surface area contributed by atoms with E-state index < -0.39 is 0 Å². The second-order valence-corrected chi connectivity index (χ2v) is 7.24. The van der Waals surface area contributed by atoms with Crippen molar-refractivity contribution in [2.45, 2.75) is 6.04 Å². The second-order valence-electron chi connectivity index (χ2n) is 6.02. The lowest BCUT2D eigenvalue weighted by molar-refractivity contribution is 0.0179. The number of hydrogen-bond donors (Lipinski definition) is 1. The number of benzene rings is 1. The monoisotopic (exact) mass is 352 g/mol. The Morgan fingerprint density at radius 2 is 2.00 bits per heavy atom. The predicted molar refractivity (Wildman–Crippen MR) is 96.9 cm³/mol. The van der Waals surface area contributed by atoms with Gasteiger partial charge in [0, 0.05) is 37.7 Å². The number of nitrogens with zero attached hydrogens (tertiary/aromatic N) is 3. The number of hydrogen-bond acceptors (Lipinski definition) is 4. The fraction of sp³-hybridized carbons (Fsp3) is 0.588. The van der Waals surface area contributed by atoms with Crippen molar-refractivity contribution in [3.63, 3.8) is 0 Å². The lowest BCUT2D eigenvalue weighted by Gasteiger charge is -2.34. The first kappa shape index (κ1) is 17.5. The Labute approximate surface area is 147 Å². The van der Waals surface area contributed by atoms with E-state index in [4.69, 9.17) is 10.5 Å². The summed E-state index contributed by atoms with van der Waals surface area (Å²) in [5, 5.41) is 0. The molecule has 5 nitrogen and oxygen atoms in total. The highest BCUT2D eigenvalue weighted by molar-refractivity contribution is 7.99. The third-order valence-corrected chi connectivity index (χ3v) is 5.42. The lowest BCUT2D eigenvalue weighted by atomic mass is 10.0. The molecule has 1 atom stereocenters. The fourth-order valence-corrected chi connectivity index (χ4v) is 4.01. The second kappa shape index (κ2) is 8.69. The molecule has 0 aromatic heterocycles. The van der Waals surface area contributed by atoms with Gasteiger partial charge in [0.15, 0.2) is 5.96 Å². The molecule has 2 N–H and O–H groups in total. The molecule has 1 unspecified atom stereocenters. The number of guanidine groups is 1. The summed E-state index contributed by atoms with van der Waals surface area (Å²) in [7, 11) is 0. The molecule has 2 fully saturated rings. The van der Waals surface area contributed by atoms with E-state index in [1.165, 1.54) is 6.07 Å². The van der Waals surface area contributed by atoms with Crippen molar-refractivity contribution >= 4 is 17.7 Å². The van der Waals surface area contributed by atoms with Gasteiger partial charge in [0.05, 0.1) is 25.8 Å². The van der Waals surface area contributed by atoms with Crippen LogP contribution in [0.1, 0.15) is 11.6 Å². The van der Waals surface area contributed by atoms with Crippen molar-refractivity contribution in [1.82, 2.24) is 9.80 Å². The van der Waals surface area contributed by atoms with Crippen LogP contribution >= 0.6 is 11.8 Å². The maximum absolute atomic E-state index is 13.7. The van der Waals surface area contributed by atoms with Crippen molar-refractivity contribution in [2.75, 3.05) is 57.4 Å². The van der Waals surface area contributed by atoms with Crippen molar-refractivity contribution in [3.05, 3.63) is 35.6 Å². The van der Waals surface area contributed by atoms with E-state index in [2.05, 4.69) is 14.8 Å². The van der Waals surface area contributed by atoms with E-state index in [-0.39, 0.29) is 11.9 Å².